The van der Waals surface area contributed by atoms with Gasteiger partial charge in [-0.25, -0.2) is 4.79 Å². The van der Waals surface area contributed by atoms with Gasteiger partial charge in [0.25, 0.3) is 11.8 Å². The lowest BCUT2D eigenvalue weighted by Crippen LogP contribution is -2.26. The zero-order valence-electron chi connectivity index (χ0n) is 19.3. The number of furan rings is 1. The van der Waals surface area contributed by atoms with E-state index in [1.165, 1.54) is 12.3 Å². The Morgan fingerprint density at radius 2 is 1.57 bits per heavy atom. The molecule has 1 aromatic heterocycles. The van der Waals surface area contributed by atoms with Crippen molar-refractivity contribution in [3.8, 4) is 0 Å². The minimum atomic E-state index is -1.17. The molecule has 35 heavy (non-hydrogen) atoms. The van der Waals surface area contributed by atoms with Crippen molar-refractivity contribution in [1.29, 1.82) is 0 Å². The highest BCUT2D eigenvalue weighted by Gasteiger charge is 2.26. The minimum absolute atomic E-state index is 0.147. The van der Waals surface area contributed by atoms with Crippen LogP contribution in [0.2, 0.25) is 0 Å². The molecule has 0 aliphatic rings. The predicted octanol–water partition coefficient (Wildman–Crippen LogP) is 5.69. The van der Waals surface area contributed by atoms with Gasteiger partial charge in [0.15, 0.2) is 5.76 Å². The van der Waals surface area contributed by atoms with Crippen LogP contribution in [-0.2, 0) is 9.53 Å². The third kappa shape index (κ3) is 5.83. The largest absolute Gasteiger partial charge is 0.459 e. The summed E-state index contributed by atoms with van der Waals surface area (Å²) < 4.78 is 10.8. The van der Waals surface area contributed by atoms with Crippen molar-refractivity contribution < 1.29 is 23.5 Å². The summed E-state index contributed by atoms with van der Waals surface area (Å²) in [6.07, 6.45) is 0.230. The Morgan fingerprint density at radius 1 is 0.829 bits per heavy atom. The van der Waals surface area contributed by atoms with Gasteiger partial charge in [0.05, 0.1) is 11.8 Å². The van der Waals surface area contributed by atoms with Gasteiger partial charge in [0, 0.05) is 16.9 Å². The van der Waals surface area contributed by atoms with Crippen LogP contribution in [0.1, 0.15) is 43.7 Å². The molecule has 1 heterocycles. The molecule has 1 unspecified atom stereocenters. The SMILES string of the molecule is Cc1ccc(NC(=O)C(OC(=O)c2ccc(C)c(NC(=O)c3ccco3)c2)c2ccccc2)cc1. The molecule has 0 spiro atoms. The minimum Gasteiger partial charge on any atom is -0.459 e. The summed E-state index contributed by atoms with van der Waals surface area (Å²) in [5.41, 5.74) is 3.55. The van der Waals surface area contributed by atoms with E-state index in [1.807, 2.05) is 25.1 Å². The topological polar surface area (TPSA) is 97.6 Å². The Morgan fingerprint density at radius 3 is 2.26 bits per heavy atom. The van der Waals surface area contributed by atoms with Crippen LogP contribution in [0.5, 0.6) is 0 Å². The van der Waals surface area contributed by atoms with Gasteiger partial charge in [0.2, 0.25) is 6.10 Å². The normalized spacial score (nSPS) is 11.4. The number of aryl methyl sites for hydroxylation is 2. The number of benzene rings is 3. The smallest absolute Gasteiger partial charge is 0.339 e. The van der Waals surface area contributed by atoms with Crippen LogP contribution in [0, 0.1) is 13.8 Å². The van der Waals surface area contributed by atoms with E-state index in [9.17, 15) is 14.4 Å². The molecular weight excluding hydrogens is 444 g/mol. The van der Waals surface area contributed by atoms with Crippen molar-refractivity contribution >= 4 is 29.2 Å². The molecule has 2 amide bonds. The molecule has 4 rings (SSSR count). The van der Waals surface area contributed by atoms with Gasteiger partial charge in [-0.1, -0.05) is 54.1 Å². The van der Waals surface area contributed by atoms with E-state index < -0.39 is 23.9 Å². The summed E-state index contributed by atoms with van der Waals surface area (Å²) in [7, 11) is 0. The number of nitrogens with one attached hydrogen (secondary N) is 2. The van der Waals surface area contributed by atoms with Gasteiger partial charge >= 0.3 is 5.97 Å². The monoisotopic (exact) mass is 468 g/mol. The number of anilines is 2. The van der Waals surface area contributed by atoms with Crippen LogP contribution in [0.15, 0.2) is 95.6 Å². The van der Waals surface area contributed by atoms with Gasteiger partial charge < -0.3 is 19.8 Å². The van der Waals surface area contributed by atoms with Crippen LogP contribution >= 0.6 is 0 Å². The summed E-state index contributed by atoms with van der Waals surface area (Å²) in [6.45, 7) is 3.75. The van der Waals surface area contributed by atoms with Gasteiger partial charge in [-0.3, -0.25) is 9.59 Å². The average Bonchev–Trinajstić information content (AvgIpc) is 3.41. The number of esters is 1. The first-order valence-electron chi connectivity index (χ1n) is 11.0. The molecule has 1 atom stereocenters. The Balaban J connectivity index is 1.55. The molecule has 7 heteroatoms. The lowest BCUT2D eigenvalue weighted by atomic mass is 10.1. The van der Waals surface area contributed by atoms with E-state index >= 15 is 0 Å². The first-order valence-corrected chi connectivity index (χ1v) is 11.0. The second kappa shape index (κ2) is 10.5. The summed E-state index contributed by atoms with van der Waals surface area (Å²) in [4.78, 5) is 38.6. The Labute approximate surface area is 202 Å². The lowest BCUT2D eigenvalue weighted by Gasteiger charge is -2.19. The van der Waals surface area contributed by atoms with Crippen LogP contribution in [-0.4, -0.2) is 17.8 Å². The maximum atomic E-state index is 13.1. The van der Waals surface area contributed by atoms with Gasteiger partial charge in [-0.05, 0) is 55.8 Å². The fourth-order valence-corrected chi connectivity index (χ4v) is 3.40. The van der Waals surface area contributed by atoms with Crippen molar-refractivity contribution in [2.75, 3.05) is 10.6 Å². The second-order valence-corrected chi connectivity index (χ2v) is 8.01. The molecule has 3 aromatic carbocycles. The lowest BCUT2D eigenvalue weighted by molar-refractivity contribution is -0.125. The summed E-state index contributed by atoms with van der Waals surface area (Å²) in [5.74, 6) is -1.48. The number of hydrogen-bond acceptors (Lipinski definition) is 5. The predicted molar refractivity (Wildman–Crippen MR) is 132 cm³/mol. The molecule has 176 valence electrons. The molecule has 4 aromatic rings. The molecule has 0 radical (unpaired) electrons. The number of carbonyl (C=O) groups excluding carboxylic acids is 3. The van der Waals surface area contributed by atoms with E-state index in [0.29, 0.717) is 16.9 Å². The summed E-state index contributed by atoms with van der Waals surface area (Å²) in [6, 6.07) is 24.1. The maximum absolute atomic E-state index is 13.1. The highest BCUT2D eigenvalue weighted by Crippen LogP contribution is 2.24. The Kier molecular flexibility index (Phi) is 7.07. The fraction of sp³-hybridized carbons (Fsp3) is 0.107. The molecule has 0 saturated carbocycles. The van der Waals surface area contributed by atoms with Crippen molar-refractivity contribution in [2.45, 2.75) is 20.0 Å². The number of ether oxygens (including phenoxy) is 1. The number of carbonyl (C=O) groups is 3. The molecule has 7 nitrogen and oxygen atoms in total. The van der Waals surface area contributed by atoms with E-state index in [1.54, 1.807) is 67.6 Å². The fourth-order valence-electron chi connectivity index (χ4n) is 3.40. The van der Waals surface area contributed by atoms with Crippen molar-refractivity contribution in [2.24, 2.45) is 0 Å². The van der Waals surface area contributed by atoms with E-state index in [-0.39, 0.29) is 11.3 Å². The van der Waals surface area contributed by atoms with Gasteiger partial charge in [-0.15, -0.1) is 0 Å². The van der Waals surface area contributed by atoms with Gasteiger partial charge in [-0.2, -0.15) is 0 Å². The van der Waals surface area contributed by atoms with Crippen LogP contribution in [0.3, 0.4) is 0 Å². The number of amides is 2. The standard InChI is InChI=1S/C28H24N2O5/c1-18-10-14-22(15-11-18)29-27(32)25(20-7-4-3-5-8-20)35-28(33)21-13-12-19(2)23(17-21)30-26(31)24-9-6-16-34-24/h3-17,25H,1-2H3,(H,29,32)(H,30,31). The Hall–Kier alpha value is -4.65. The van der Waals surface area contributed by atoms with Crippen LogP contribution in [0.25, 0.3) is 0 Å². The first kappa shape index (κ1) is 23.5. The molecular formula is C28H24N2O5. The zero-order chi connectivity index (χ0) is 24.8. The van der Waals surface area contributed by atoms with Crippen molar-refractivity contribution in [3.63, 3.8) is 0 Å². The molecule has 2 N–H and O–H groups in total. The highest BCUT2D eigenvalue weighted by atomic mass is 16.5. The van der Waals surface area contributed by atoms with E-state index in [2.05, 4.69) is 10.6 Å². The van der Waals surface area contributed by atoms with Gasteiger partial charge in [0.1, 0.15) is 0 Å². The van der Waals surface area contributed by atoms with Crippen molar-refractivity contribution in [3.05, 3.63) is 119 Å². The third-order valence-electron chi connectivity index (χ3n) is 5.35. The molecule has 0 bridgehead atoms. The average molecular weight is 469 g/mol. The Bertz CT molecular complexity index is 1330. The highest BCUT2D eigenvalue weighted by molar-refractivity contribution is 6.04. The first-order chi connectivity index (χ1) is 16.9. The maximum Gasteiger partial charge on any atom is 0.339 e. The van der Waals surface area contributed by atoms with E-state index in [0.717, 1.165) is 11.1 Å². The molecule has 0 aliphatic carbocycles. The number of rotatable bonds is 7. The second-order valence-electron chi connectivity index (χ2n) is 8.01. The van der Waals surface area contributed by atoms with E-state index in [4.69, 9.17) is 9.15 Å². The summed E-state index contributed by atoms with van der Waals surface area (Å²) in [5, 5.41) is 5.54. The van der Waals surface area contributed by atoms with Crippen molar-refractivity contribution in [1.82, 2.24) is 0 Å². The molecule has 0 fully saturated rings. The molecule has 0 saturated heterocycles. The summed E-state index contributed by atoms with van der Waals surface area (Å²) >= 11 is 0. The third-order valence-corrected chi connectivity index (χ3v) is 5.35. The van der Waals surface area contributed by atoms with Crippen LogP contribution < -0.4 is 10.6 Å². The zero-order valence-corrected chi connectivity index (χ0v) is 19.3. The molecule has 0 aliphatic heterocycles. The van der Waals surface area contributed by atoms with Crippen LogP contribution in [0.4, 0.5) is 11.4 Å². The quantitative estimate of drug-likeness (QED) is 0.340. The number of hydrogen-bond donors (Lipinski definition) is 2.